The molecule has 0 N–H and O–H groups in total. The van der Waals surface area contributed by atoms with Gasteiger partial charge in [-0.15, -0.1) is 0 Å². The van der Waals surface area contributed by atoms with E-state index in [4.69, 9.17) is 21.1 Å². The lowest BCUT2D eigenvalue weighted by Crippen LogP contribution is -2.37. The van der Waals surface area contributed by atoms with Crippen LogP contribution in [0.15, 0.2) is 36.4 Å². The molecular weight excluding hydrogens is 485 g/mol. The van der Waals surface area contributed by atoms with Gasteiger partial charge in [-0.2, -0.15) is 9.78 Å². The number of anilines is 1. The smallest absolute Gasteiger partial charge is 0.338 e. The normalized spacial score (nSPS) is 15.5. The van der Waals surface area contributed by atoms with Crippen LogP contribution in [0.3, 0.4) is 0 Å². The summed E-state index contributed by atoms with van der Waals surface area (Å²) in [7, 11) is 0. The van der Waals surface area contributed by atoms with Crippen LogP contribution in [0.2, 0.25) is 5.02 Å². The van der Waals surface area contributed by atoms with Gasteiger partial charge in [0.2, 0.25) is 0 Å². The van der Waals surface area contributed by atoms with Crippen LogP contribution < -0.4 is 4.90 Å². The summed E-state index contributed by atoms with van der Waals surface area (Å²) in [6, 6.07) is 9.63. The number of esters is 1. The van der Waals surface area contributed by atoms with Crippen molar-refractivity contribution in [3.63, 3.8) is 0 Å². The van der Waals surface area contributed by atoms with Gasteiger partial charge in [-0.05, 0) is 62.9 Å². The number of rotatable bonds is 5. The third-order valence-corrected chi connectivity index (χ3v) is 6.98. The van der Waals surface area contributed by atoms with E-state index >= 15 is 4.39 Å². The number of ether oxygens (including phenoxy) is 2. The highest BCUT2D eigenvalue weighted by atomic mass is 35.5. The zero-order chi connectivity index (χ0) is 25.2. The zero-order valence-electron chi connectivity index (χ0n) is 20.1. The van der Waals surface area contributed by atoms with Gasteiger partial charge in [0.1, 0.15) is 5.82 Å². The van der Waals surface area contributed by atoms with E-state index in [1.54, 1.807) is 13.0 Å². The van der Waals surface area contributed by atoms with Gasteiger partial charge in [-0.25, -0.2) is 9.18 Å². The predicted molar refractivity (Wildman–Crippen MR) is 134 cm³/mol. The van der Waals surface area contributed by atoms with Crippen LogP contribution in [0.4, 0.5) is 10.1 Å². The summed E-state index contributed by atoms with van der Waals surface area (Å²) in [6.07, 6.45) is 3.19. The Kier molecular flexibility index (Phi) is 7.07. The maximum atomic E-state index is 15.2. The molecule has 36 heavy (non-hydrogen) atoms. The molecule has 0 atom stereocenters. The Morgan fingerprint density at radius 1 is 1.14 bits per heavy atom. The summed E-state index contributed by atoms with van der Waals surface area (Å²) in [6.45, 7) is 4.35. The Hall–Kier alpha value is -3.23. The van der Waals surface area contributed by atoms with Crippen LogP contribution in [0.25, 0.3) is 11.3 Å². The van der Waals surface area contributed by atoms with Crippen molar-refractivity contribution in [3.8, 4) is 11.3 Å². The topological polar surface area (TPSA) is 73.7 Å². The van der Waals surface area contributed by atoms with Crippen molar-refractivity contribution in [2.24, 2.45) is 0 Å². The van der Waals surface area contributed by atoms with Crippen molar-refractivity contribution < 1.29 is 23.5 Å². The number of carbonyl (C=O) groups is 2. The van der Waals surface area contributed by atoms with E-state index in [1.807, 2.05) is 12.1 Å². The lowest BCUT2D eigenvalue weighted by molar-refractivity contribution is 0.0525. The number of halogens is 2. The van der Waals surface area contributed by atoms with Crippen LogP contribution in [0.1, 0.15) is 51.7 Å². The second-order valence-corrected chi connectivity index (χ2v) is 9.25. The maximum Gasteiger partial charge on any atom is 0.338 e. The Labute approximate surface area is 213 Å². The quantitative estimate of drug-likeness (QED) is 0.453. The number of morpholine rings is 1. The molecule has 1 aliphatic carbocycles. The van der Waals surface area contributed by atoms with E-state index in [-0.39, 0.29) is 23.6 Å². The highest BCUT2D eigenvalue weighted by Gasteiger charge is 2.30. The monoisotopic (exact) mass is 511 g/mol. The van der Waals surface area contributed by atoms with E-state index in [1.165, 1.54) is 16.8 Å². The minimum atomic E-state index is -0.585. The van der Waals surface area contributed by atoms with Gasteiger partial charge in [0.15, 0.2) is 0 Å². The average Bonchev–Trinajstić information content (AvgIpc) is 3.28. The average molecular weight is 512 g/mol. The van der Waals surface area contributed by atoms with Crippen molar-refractivity contribution in [2.45, 2.75) is 32.6 Å². The SMILES string of the molecule is CCOC(=O)c1ccc(-c2nn(C(=O)c3c(Cl)cccc3N3CCOCC3)c3c2CCCC3)c(F)c1. The number of hydrogen-bond acceptors (Lipinski definition) is 6. The molecule has 0 unspecified atom stereocenters. The molecule has 2 heterocycles. The molecule has 2 aromatic carbocycles. The molecular formula is C27H27ClFN3O4. The van der Waals surface area contributed by atoms with Gasteiger partial charge >= 0.3 is 5.97 Å². The minimum absolute atomic E-state index is 0.133. The van der Waals surface area contributed by atoms with Crippen molar-refractivity contribution in [2.75, 3.05) is 37.8 Å². The summed E-state index contributed by atoms with van der Waals surface area (Å²) in [5.74, 6) is -1.51. The van der Waals surface area contributed by atoms with E-state index in [2.05, 4.69) is 10.00 Å². The minimum Gasteiger partial charge on any atom is -0.462 e. The maximum absolute atomic E-state index is 15.2. The Morgan fingerprint density at radius 3 is 2.67 bits per heavy atom. The van der Waals surface area contributed by atoms with E-state index in [9.17, 15) is 9.59 Å². The van der Waals surface area contributed by atoms with Gasteiger partial charge < -0.3 is 14.4 Å². The number of fused-ring (bicyclic) bond motifs is 1. The fraction of sp³-hybridized carbons (Fsp3) is 0.370. The first-order valence-electron chi connectivity index (χ1n) is 12.2. The second-order valence-electron chi connectivity index (χ2n) is 8.85. The van der Waals surface area contributed by atoms with Crippen LogP contribution in [0, 0.1) is 5.82 Å². The molecule has 188 valence electrons. The van der Waals surface area contributed by atoms with Gasteiger partial charge in [0.05, 0.1) is 53.0 Å². The van der Waals surface area contributed by atoms with E-state index in [0.717, 1.165) is 35.9 Å². The molecule has 1 aliphatic heterocycles. The van der Waals surface area contributed by atoms with Gasteiger partial charge in [0, 0.05) is 24.2 Å². The van der Waals surface area contributed by atoms with Crippen LogP contribution in [-0.4, -0.2) is 54.6 Å². The number of hydrogen-bond donors (Lipinski definition) is 0. The van der Waals surface area contributed by atoms with Gasteiger partial charge in [0.25, 0.3) is 5.91 Å². The summed E-state index contributed by atoms with van der Waals surface area (Å²) >= 11 is 6.57. The van der Waals surface area contributed by atoms with Crippen molar-refractivity contribution in [1.82, 2.24) is 9.78 Å². The summed E-state index contributed by atoms with van der Waals surface area (Å²) in [5.41, 5.74) is 3.56. The molecule has 9 heteroatoms. The number of nitrogens with zero attached hydrogens (tertiary/aromatic N) is 3. The van der Waals surface area contributed by atoms with Crippen molar-refractivity contribution in [1.29, 1.82) is 0 Å². The van der Waals surface area contributed by atoms with E-state index in [0.29, 0.717) is 55.4 Å². The third-order valence-electron chi connectivity index (χ3n) is 6.67. The second kappa shape index (κ2) is 10.4. The molecule has 0 bridgehead atoms. The Balaban J connectivity index is 1.58. The molecule has 0 spiro atoms. The Morgan fingerprint density at radius 2 is 1.92 bits per heavy atom. The molecule has 1 saturated heterocycles. The van der Waals surface area contributed by atoms with Crippen LogP contribution in [0.5, 0.6) is 0 Å². The molecule has 0 saturated carbocycles. The first-order valence-corrected chi connectivity index (χ1v) is 12.6. The lowest BCUT2D eigenvalue weighted by Gasteiger charge is -2.30. The Bertz CT molecular complexity index is 1320. The van der Waals surface area contributed by atoms with Crippen LogP contribution >= 0.6 is 11.6 Å². The first-order chi connectivity index (χ1) is 17.5. The summed E-state index contributed by atoms with van der Waals surface area (Å²) in [5, 5.41) is 4.99. The molecule has 2 aliphatic rings. The lowest BCUT2D eigenvalue weighted by atomic mass is 9.93. The molecule has 3 aromatic rings. The summed E-state index contributed by atoms with van der Waals surface area (Å²) in [4.78, 5) is 28.1. The van der Waals surface area contributed by atoms with Crippen molar-refractivity contribution >= 4 is 29.2 Å². The summed E-state index contributed by atoms with van der Waals surface area (Å²) < 4.78 is 27.1. The number of aromatic nitrogens is 2. The molecule has 0 radical (unpaired) electrons. The third kappa shape index (κ3) is 4.51. The van der Waals surface area contributed by atoms with Crippen LogP contribution in [-0.2, 0) is 22.3 Å². The van der Waals surface area contributed by atoms with Gasteiger partial charge in [-0.3, -0.25) is 4.79 Å². The first kappa shape index (κ1) is 24.5. The van der Waals surface area contributed by atoms with Crippen molar-refractivity contribution in [3.05, 3.63) is 69.6 Å². The molecule has 1 aromatic heterocycles. The predicted octanol–water partition coefficient (Wildman–Crippen LogP) is 4.92. The highest BCUT2D eigenvalue weighted by molar-refractivity contribution is 6.34. The zero-order valence-corrected chi connectivity index (χ0v) is 20.8. The fourth-order valence-corrected chi connectivity index (χ4v) is 5.18. The van der Waals surface area contributed by atoms with E-state index < -0.39 is 11.8 Å². The highest BCUT2D eigenvalue weighted by Crippen LogP contribution is 2.35. The molecule has 0 amide bonds. The van der Waals surface area contributed by atoms with Gasteiger partial charge in [-0.1, -0.05) is 17.7 Å². The number of benzene rings is 2. The fourth-order valence-electron chi connectivity index (χ4n) is 4.93. The molecule has 1 fully saturated rings. The number of carbonyl (C=O) groups excluding carboxylic acids is 2. The largest absolute Gasteiger partial charge is 0.462 e. The molecule has 5 rings (SSSR count). The molecule has 7 nitrogen and oxygen atoms in total. The standard InChI is InChI=1S/C27H27ClFN3O4/c1-2-36-27(34)17-10-11-18(21(29)16-17)25-19-6-3-4-8-22(19)32(30-25)26(33)24-20(28)7-5-9-23(24)31-12-14-35-15-13-31/h5,7,9-11,16H,2-4,6,8,12-15H2,1H3.